The highest BCUT2D eigenvalue weighted by Crippen LogP contribution is 2.38. The first-order valence-electron chi connectivity index (χ1n) is 8.49. The number of aliphatic hydroxyl groups excluding tert-OH is 1. The zero-order chi connectivity index (χ0) is 16.1. The van der Waals surface area contributed by atoms with E-state index in [0.717, 1.165) is 18.4 Å². The molecule has 1 amide bonds. The average Bonchev–Trinajstić information content (AvgIpc) is 2.52. The molecule has 1 fully saturated rings. The zero-order valence-electron chi connectivity index (χ0n) is 14.0. The van der Waals surface area contributed by atoms with Crippen LogP contribution in [0.4, 0.5) is 0 Å². The highest BCUT2D eigenvalue weighted by Gasteiger charge is 2.35. The number of hydrogen-bond acceptors (Lipinski definition) is 2. The monoisotopic (exact) mass is 303 g/mol. The molecule has 1 aromatic rings. The molecule has 4 atom stereocenters. The number of aliphatic hydroxyl groups is 1. The minimum Gasteiger partial charge on any atom is -0.387 e. The smallest absolute Gasteiger partial charge is 0.223 e. The number of nitrogens with one attached hydrogen (secondary N) is 1. The van der Waals surface area contributed by atoms with E-state index in [9.17, 15) is 9.90 Å². The Bertz CT molecular complexity index is 472. The van der Waals surface area contributed by atoms with Gasteiger partial charge >= 0.3 is 0 Å². The average molecular weight is 303 g/mol. The molecule has 1 aliphatic rings. The van der Waals surface area contributed by atoms with Gasteiger partial charge in [-0.3, -0.25) is 4.79 Å². The van der Waals surface area contributed by atoms with Crippen molar-refractivity contribution in [1.82, 2.24) is 5.32 Å². The molecule has 2 rings (SSSR count). The van der Waals surface area contributed by atoms with E-state index in [-0.39, 0.29) is 11.8 Å². The van der Waals surface area contributed by atoms with Crippen molar-refractivity contribution in [3.8, 4) is 0 Å². The van der Waals surface area contributed by atoms with Gasteiger partial charge in [0.25, 0.3) is 0 Å². The summed E-state index contributed by atoms with van der Waals surface area (Å²) in [5.74, 6) is 1.81. The van der Waals surface area contributed by atoms with Gasteiger partial charge in [0.15, 0.2) is 0 Å². The first-order chi connectivity index (χ1) is 10.5. The molecular weight excluding hydrogens is 274 g/mol. The fraction of sp³-hybridized carbons (Fsp3) is 0.632. The molecule has 3 nitrogen and oxygen atoms in total. The molecule has 1 aliphatic carbocycles. The molecule has 0 heterocycles. The second-order valence-corrected chi connectivity index (χ2v) is 7.10. The van der Waals surface area contributed by atoms with E-state index in [4.69, 9.17) is 0 Å². The summed E-state index contributed by atoms with van der Waals surface area (Å²) >= 11 is 0. The summed E-state index contributed by atoms with van der Waals surface area (Å²) < 4.78 is 0. The van der Waals surface area contributed by atoms with Crippen LogP contribution >= 0.6 is 0 Å². The van der Waals surface area contributed by atoms with Crippen molar-refractivity contribution in [1.29, 1.82) is 0 Å². The van der Waals surface area contributed by atoms with E-state index in [1.807, 2.05) is 30.3 Å². The molecule has 22 heavy (non-hydrogen) atoms. The molecule has 0 saturated heterocycles. The Labute approximate surface area is 134 Å². The molecule has 0 radical (unpaired) electrons. The predicted molar refractivity (Wildman–Crippen MR) is 89.2 cm³/mol. The highest BCUT2D eigenvalue weighted by molar-refractivity contribution is 5.79. The molecule has 0 bridgehead atoms. The quantitative estimate of drug-likeness (QED) is 0.874. The van der Waals surface area contributed by atoms with Crippen LogP contribution in [0.15, 0.2) is 30.3 Å². The number of carbonyl (C=O) groups is 1. The van der Waals surface area contributed by atoms with Crippen LogP contribution < -0.4 is 5.32 Å². The molecule has 3 heteroatoms. The summed E-state index contributed by atoms with van der Waals surface area (Å²) in [6, 6.07) is 9.49. The van der Waals surface area contributed by atoms with Gasteiger partial charge in [0, 0.05) is 12.5 Å². The molecule has 1 unspecified atom stereocenters. The molecule has 0 aliphatic heterocycles. The van der Waals surface area contributed by atoms with Crippen molar-refractivity contribution in [3.05, 3.63) is 35.9 Å². The third-order valence-electron chi connectivity index (χ3n) is 5.01. The van der Waals surface area contributed by atoms with E-state index >= 15 is 0 Å². The number of amides is 1. The summed E-state index contributed by atoms with van der Waals surface area (Å²) in [7, 11) is 0. The Morgan fingerprint density at radius 1 is 1.27 bits per heavy atom. The third kappa shape index (κ3) is 4.33. The number of rotatable bonds is 5. The Kier molecular flexibility index (Phi) is 6.01. The lowest BCUT2D eigenvalue weighted by atomic mass is 9.70. The van der Waals surface area contributed by atoms with Gasteiger partial charge in [0.1, 0.15) is 0 Å². The summed E-state index contributed by atoms with van der Waals surface area (Å²) in [5.41, 5.74) is 0.847. The second kappa shape index (κ2) is 7.77. The maximum absolute atomic E-state index is 12.6. The lowest BCUT2D eigenvalue weighted by Crippen LogP contribution is -2.41. The lowest BCUT2D eigenvalue weighted by Gasteiger charge is -2.36. The van der Waals surface area contributed by atoms with Gasteiger partial charge in [0.2, 0.25) is 5.91 Å². The van der Waals surface area contributed by atoms with E-state index in [0.29, 0.717) is 24.3 Å². The first kappa shape index (κ1) is 17.0. The Hall–Kier alpha value is -1.35. The van der Waals surface area contributed by atoms with Gasteiger partial charge in [-0.05, 0) is 36.2 Å². The SMILES string of the molecule is CC(C)[C@@H]1CC[C@@H](C)C[C@H]1C(=O)NCC(O)c1ccccc1. The fourth-order valence-electron chi connectivity index (χ4n) is 3.63. The summed E-state index contributed by atoms with van der Waals surface area (Å²) in [5, 5.41) is 13.1. The van der Waals surface area contributed by atoms with Gasteiger partial charge in [-0.1, -0.05) is 57.5 Å². The largest absolute Gasteiger partial charge is 0.387 e. The standard InChI is InChI=1S/C19H29NO2/c1-13(2)16-10-9-14(3)11-17(16)19(22)20-12-18(21)15-7-5-4-6-8-15/h4-8,13-14,16-18,21H,9-12H2,1-3H3,(H,20,22)/t14-,16+,17-,18?/m1/s1. The number of benzene rings is 1. The molecule has 0 aromatic heterocycles. The maximum Gasteiger partial charge on any atom is 0.223 e. The van der Waals surface area contributed by atoms with Crippen LogP contribution in [0.1, 0.15) is 51.7 Å². The van der Waals surface area contributed by atoms with Crippen molar-refractivity contribution >= 4 is 5.91 Å². The molecule has 2 N–H and O–H groups in total. The van der Waals surface area contributed by atoms with Crippen molar-refractivity contribution in [2.24, 2.45) is 23.7 Å². The number of carbonyl (C=O) groups excluding carboxylic acids is 1. The topological polar surface area (TPSA) is 49.3 Å². The van der Waals surface area contributed by atoms with Gasteiger partial charge < -0.3 is 10.4 Å². The Balaban J connectivity index is 1.92. The predicted octanol–water partition coefficient (Wildman–Crippen LogP) is 3.54. The van der Waals surface area contributed by atoms with Gasteiger partial charge in [0.05, 0.1) is 6.10 Å². The Morgan fingerprint density at radius 2 is 1.95 bits per heavy atom. The molecule has 0 spiro atoms. The van der Waals surface area contributed by atoms with E-state index in [1.165, 1.54) is 6.42 Å². The minimum atomic E-state index is -0.635. The molecule has 122 valence electrons. The van der Waals surface area contributed by atoms with Crippen LogP contribution in [0.5, 0.6) is 0 Å². The maximum atomic E-state index is 12.6. The van der Waals surface area contributed by atoms with Crippen molar-refractivity contribution in [3.63, 3.8) is 0 Å². The van der Waals surface area contributed by atoms with Crippen LogP contribution in [0.25, 0.3) is 0 Å². The van der Waals surface area contributed by atoms with Crippen LogP contribution in [0.2, 0.25) is 0 Å². The van der Waals surface area contributed by atoms with Gasteiger partial charge in [-0.25, -0.2) is 0 Å². The first-order valence-corrected chi connectivity index (χ1v) is 8.49. The second-order valence-electron chi connectivity index (χ2n) is 7.10. The minimum absolute atomic E-state index is 0.0896. The van der Waals surface area contributed by atoms with Crippen LogP contribution in [0, 0.1) is 23.7 Å². The zero-order valence-corrected chi connectivity index (χ0v) is 14.0. The van der Waals surface area contributed by atoms with Crippen molar-refractivity contribution in [2.45, 2.75) is 46.1 Å². The van der Waals surface area contributed by atoms with Crippen LogP contribution in [-0.4, -0.2) is 17.6 Å². The van der Waals surface area contributed by atoms with Crippen molar-refractivity contribution < 1.29 is 9.90 Å². The van der Waals surface area contributed by atoms with Crippen LogP contribution in [-0.2, 0) is 4.79 Å². The number of hydrogen-bond donors (Lipinski definition) is 2. The molecule has 1 aromatic carbocycles. The lowest BCUT2D eigenvalue weighted by molar-refractivity contribution is -0.129. The van der Waals surface area contributed by atoms with Crippen molar-refractivity contribution in [2.75, 3.05) is 6.54 Å². The summed E-state index contributed by atoms with van der Waals surface area (Å²) in [6.07, 6.45) is 2.69. The van der Waals surface area contributed by atoms with Gasteiger partial charge in [-0.2, -0.15) is 0 Å². The van der Waals surface area contributed by atoms with E-state index < -0.39 is 6.10 Å². The van der Waals surface area contributed by atoms with E-state index in [1.54, 1.807) is 0 Å². The summed E-state index contributed by atoms with van der Waals surface area (Å²) in [4.78, 5) is 12.6. The van der Waals surface area contributed by atoms with E-state index in [2.05, 4.69) is 26.1 Å². The highest BCUT2D eigenvalue weighted by atomic mass is 16.3. The molecule has 1 saturated carbocycles. The van der Waals surface area contributed by atoms with Crippen LogP contribution in [0.3, 0.4) is 0 Å². The summed E-state index contributed by atoms with van der Waals surface area (Å²) in [6.45, 7) is 6.94. The normalized spacial score (nSPS) is 26.7. The van der Waals surface area contributed by atoms with Gasteiger partial charge in [-0.15, -0.1) is 0 Å². The fourth-order valence-corrected chi connectivity index (χ4v) is 3.63. The third-order valence-corrected chi connectivity index (χ3v) is 5.01. The molecular formula is C19H29NO2. The Morgan fingerprint density at radius 3 is 2.59 bits per heavy atom.